The van der Waals surface area contributed by atoms with Gasteiger partial charge in [0.05, 0.1) is 0 Å². The van der Waals surface area contributed by atoms with Crippen molar-refractivity contribution in [3.8, 4) is 0 Å². The molecule has 24 heavy (non-hydrogen) atoms. The number of likely N-dealkylation sites (N-methyl/N-ethyl adjacent to an activating group) is 1. The Labute approximate surface area is 146 Å². The summed E-state index contributed by atoms with van der Waals surface area (Å²) in [6.07, 6.45) is 11.5. The van der Waals surface area contributed by atoms with E-state index in [1.807, 2.05) is 37.3 Å². The molecule has 2 amide bonds. The predicted octanol–water partition coefficient (Wildman–Crippen LogP) is 3.13. The lowest BCUT2D eigenvalue weighted by Gasteiger charge is -2.26. The topological polar surface area (TPSA) is 48.5 Å². The first kappa shape index (κ1) is 18.7. The molecule has 5 heteroatoms. The molecular formula is C19H32N4O. The van der Waals surface area contributed by atoms with E-state index in [-0.39, 0.29) is 6.03 Å². The van der Waals surface area contributed by atoms with Crippen LogP contribution in [-0.4, -0.2) is 54.5 Å². The maximum atomic E-state index is 12.6. The van der Waals surface area contributed by atoms with Gasteiger partial charge >= 0.3 is 6.03 Å². The Kier molecular flexibility index (Phi) is 8.02. The molecule has 1 aromatic rings. The summed E-state index contributed by atoms with van der Waals surface area (Å²) in [5.74, 6) is 0.799. The molecule has 0 aliphatic heterocycles. The van der Waals surface area contributed by atoms with Crippen LogP contribution in [0.1, 0.15) is 44.1 Å². The molecule has 0 radical (unpaired) electrons. The SMILES string of the molecule is CN(C)CCN(Cc1cccnc1)C(=O)NCCC1CCCCC1. The van der Waals surface area contributed by atoms with Crippen LogP contribution < -0.4 is 5.32 Å². The first-order chi connectivity index (χ1) is 11.6. The van der Waals surface area contributed by atoms with Gasteiger partial charge in [-0.3, -0.25) is 4.98 Å². The highest BCUT2D eigenvalue weighted by atomic mass is 16.2. The Morgan fingerprint density at radius 1 is 1.25 bits per heavy atom. The molecule has 0 spiro atoms. The molecule has 1 saturated carbocycles. The second-order valence-electron chi connectivity index (χ2n) is 7.11. The van der Waals surface area contributed by atoms with Crippen molar-refractivity contribution in [3.63, 3.8) is 0 Å². The molecule has 0 bridgehead atoms. The second kappa shape index (κ2) is 10.3. The summed E-state index contributed by atoms with van der Waals surface area (Å²) in [6.45, 7) is 2.97. The van der Waals surface area contributed by atoms with Crippen molar-refractivity contribution in [1.82, 2.24) is 20.1 Å². The maximum Gasteiger partial charge on any atom is 0.317 e. The van der Waals surface area contributed by atoms with Crippen molar-refractivity contribution in [2.45, 2.75) is 45.1 Å². The largest absolute Gasteiger partial charge is 0.338 e. The first-order valence-electron chi connectivity index (χ1n) is 9.21. The van der Waals surface area contributed by atoms with E-state index in [0.717, 1.165) is 37.5 Å². The quantitative estimate of drug-likeness (QED) is 0.796. The first-order valence-corrected chi connectivity index (χ1v) is 9.21. The third-order valence-corrected chi connectivity index (χ3v) is 4.75. The number of hydrogen-bond donors (Lipinski definition) is 1. The molecule has 1 fully saturated rings. The Morgan fingerprint density at radius 2 is 2.04 bits per heavy atom. The summed E-state index contributed by atoms with van der Waals surface area (Å²) in [5.41, 5.74) is 1.07. The number of amides is 2. The summed E-state index contributed by atoms with van der Waals surface area (Å²) in [7, 11) is 4.06. The van der Waals surface area contributed by atoms with Gasteiger partial charge in [-0.05, 0) is 38.1 Å². The minimum Gasteiger partial charge on any atom is -0.338 e. The van der Waals surface area contributed by atoms with Crippen LogP contribution in [0.4, 0.5) is 4.79 Å². The van der Waals surface area contributed by atoms with Gasteiger partial charge in [-0.2, -0.15) is 0 Å². The van der Waals surface area contributed by atoms with Gasteiger partial charge in [0.2, 0.25) is 0 Å². The minimum atomic E-state index is 0.0384. The third-order valence-electron chi connectivity index (χ3n) is 4.75. The molecule has 0 unspecified atom stereocenters. The zero-order valence-corrected chi connectivity index (χ0v) is 15.2. The number of nitrogens with one attached hydrogen (secondary N) is 1. The van der Waals surface area contributed by atoms with E-state index in [2.05, 4.69) is 15.2 Å². The monoisotopic (exact) mass is 332 g/mol. The molecule has 1 aliphatic rings. The molecule has 5 nitrogen and oxygen atoms in total. The van der Waals surface area contributed by atoms with Gasteiger partial charge in [0.25, 0.3) is 0 Å². The highest BCUT2D eigenvalue weighted by Gasteiger charge is 2.16. The second-order valence-corrected chi connectivity index (χ2v) is 7.11. The lowest BCUT2D eigenvalue weighted by atomic mass is 9.87. The average Bonchev–Trinajstić information content (AvgIpc) is 2.60. The van der Waals surface area contributed by atoms with Gasteiger partial charge < -0.3 is 15.1 Å². The van der Waals surface area contributed by atoms with Crippen molar-refractivity contribution < 1.29 is 4.79 Å². The van der Waals surface area contributed by atoms with Gasteiger partial charge in [-0.25, -0.2) is 4.79 Å². The van der Waals surface area contributed by atoms with Crippen LogP contribution in [0.3, 0.4) is 0 Å². The highest BCUT2D eigenvalue weighted by molar-refractivity contribution is 5.74. The van der Waals surface area contributed by atoms with E-state index in [4.69, 9.17) is 0 Å². The van der Waals surface area contributed by atoms with Gasteiger partial charge in [0.1, 0.15) is 0 Å². The maximum absolute atomic E-state index is 12.6. The van der Waals surface area contributed by atoms with Crippen molar-refractivity contribution in [2.24, 2.45) is 5.92 Å². The molecule has 0 saturated heterocycles. The fraction of sp³-hybridized carbons (Fsp3) is 0.684. The molecule has 134 valence electrons. The van der Waals surface area contributed by atoms with Crippen LogP contribution in [0.2, 0.25) is 0 Å². The van der Waals surface area contributed by atoms with Gasteiger partial charge in [0, 0.05) is 38.6 Å². The molecule has 2 rings (SSSR count). The number of nitrogens with zero attached hydrogens (tertiary/aromatic N) is 3. The smallest absolute Gasteiger partial charge is 0.317 e. The van der Waals surface area contributed by atoms with Crippen LogP contribution in [0, 0.1) is 5.92 Å². The summed E-state index contributed by atoms with van der Waals surface area (Å²) in [5, 5.41) is 3.12. The number of hydrogen-bond acceptors (Lipinski definition) is 3. The highest BCUT2D eigenvalue weighted by Crippen LogP contribution is 2.25. The van der Waals surface area contributed by atoms with Crippen molar-refractivity contribution in [3.05, 3.63) is 30.1 Å². The molecule has 1 aliphatic carbocycles. The van der Waals surface area contributed by atoms with Crippen LogP contribution in [0.15, 0.2) is 24.5 Å². The minimum absolute atomic E-state index is 0.0384. The Bertz CT molecular complexity index is 472. The lowest BCUT2D eigenvalue weighted by molar-refractivity contribution is 0.187. The fourth-order valence-corrected chi connectivity index (χ4v) is 3.26. The fourth-order valence-electron chi connectivity index (χ4n) is 3.26. The van der Waals surface area contributed by atoms with Gasteiger partial charge in [0.15, 0.2) is 0 Å². The summed E-state index contributed by atoms with van der Waals surface area (Å²) < 4.78 is 0. The number of pyridine rings is 1. The van der Waals surface area contributed by atoms with Crippen molar-refractivity contribution in [1.29, 1.82) is 0 Å². The van der Waals surface area contributed by atoms with Gasteiger partial charge in [-0.1, -0.05) is 38.2 Å². The Hall–Kier alpha value is -1.62. The van der Waals surface area contributed by atoms with E-state index in [1.165, 1.54) is 32.1 Å². The molecule has 0 aromatic carbocycles. The summed E-state index contributed by atoms with van der Waals surface area (Å²) in [4.78, 5) is 20.7. The third kappa shape index (κ3) is 6.87. The van der Waals surface area contributed by atoms with Crippen molar-refractivity contribution in [2.75, 3.05) is 33.7 Å². The van der Waals surface area contributed by atoms with Crippen LogP contribution >= 0.6 is 0 Å². The van der Waals surface area contributed by atoms with E-state index in [0.29, 0.717) is 6.54 Å². The van der Waals surface area contributed by atoms with Crippen LogP contribution in [0.25, 0.3) is 0 Å². The predicted molar refractivity (Wildman–Crippen MR) is 97.8 cm³/mol. The van der Waals surface area contributed by atoms with E-state index < -0.39 is 0 Å². The van der Waals surface area contributed by atoms with Crippen molar-refractivity contribution >= 4 is 6.03 Å². The number of aromatic nitrogens is 1. The Balaban J connectivity index is 1.81. The van der Waals surface area contributed by atoms with E-state index in [1.54, 1.807) is 6.20 Å². The molecular weight excluding hydrogens is 300 g/mol. The number of carbonyl (C=O) groups is 1. The molecule has 1 N–H and O–H groups in total. The number of carbonyl (C=O) groups excluding carboxylic acids is 1. The zero-order valence-electron chi connectivity index (χ0n) is 15.2. The molecule has 0 atom stereocenters. The lowest BCUT2D eigenvalue weighted by Crippen LogP contribution is -2.43. The molecule has 1 heterocycles. The standard InChI is InChI=1S/C19H32N4O/c1-22(2)13-14-23(16-18-9-6-11-20-15-18)19(24)21-12-10-17-7-4-3-5-8-17/h6,9,11,15,17H,3-5,7-8,10,12-14,16H2,1-2H3,(H,21,24). The van der Waals surface area contributed by atoms with Crippen LogP contribution in [0.5, 0.6) is 0 Å². The number of urea groups is 1. The molecule has 1 aromatic heterocycles. The van der Waals surface area contributed by atoms with E-state index in [9.17, 15) is 4.79 Å². The summed E-state index contributed by atoms with van der Waals surface area (Å²) in [6, 6.07) is 3.97. The number of rotatable bonds is 8. The van der Waals surface area contributed by atoms with Crippen LogP contribution in [-0.2, 0) is 6.54 Å². The average molecular weight is 332 g/mol. The zero-order chi connectivity index (χ0) is 17.2. The normalized spacial score (nSPS) is 15.5. The van der Waals surface area contributed by atoms with E-state index >= 15 is 0 Å². The Morgan fingerprint density at radius 3 is 2.71 bits per heavy atom. The summed E-state index contributed by atoms with van der Waals surface area (Å²) >= 11 is 0. The van der Waals surface area contributed by atoms with Gasteiger partial charge in [-0.15, -0.1) is 0 Å².